The highest BCUT2D eigenvalue weighted by Gasteiger charge is 2.67. The molecule has 4 saturated carbocycles. The maximum atomic E-state index is 10.2. The van der Waals surface area contributed by atoms with Gasteiger partial charge in [-0.15, -0.1) is 0 Å². The second kappa shape index (κ2) is 5.20. The van der Waals surface area contributed by atoms with Crippen molar-refractivity contribution < 1.29 is 14.6 Å². The first kappa shape index (κ1) is 16.1. The first-order valence-electron chi connectivity index (χ1n) is 10.4. The van der Waals surface area contributed by atoms with E-state index in [4.69, 9.17) is 9.47 Å². The zero-order chi connectivity index (χ0) is 16.6. The van der Waals surface area contributed by atoms with Gasteiger partial charge in [-0.25, -0.2) is 0 Å². The van der Waals surface area contributed by atoms with Crippen LogP contribution in [0.25, 0.3) is 0 Å². The van der Waals surface area contributed by atoms with E-state index in [2.05, 4.69) is 13.8 Å². The van der Waals surface area contributed by atoms with E-state index in [1.165, 1.54) is 38.5 Å². The molecule has 4 aliphatic carbocycles. The Morgan fingerprint density at radius 1 is 0.833 bits per heavy atom. The molecule has 5 aliphatic rings. The molecule has 1 aliphatic heterocycles. The maximum absolute atomic E-state index is 10.2. The summed E-state index contributed by atoms with van der Waals surface area (Å²) in [5, 5.41) is 10.2. The van der Waals surface area contributed by atoms with Crippen molar-refractivity contribution in [3.8, 4) is 0 Å². The summed E-state index contributed by atoms with van der Waals surface area (Å²) >= 11 is 0. The normalized spacial score (nSPS) is 55.9. The number of hydrogen-bond donors (Lipinski definition) is 1. The fraction of sp³-hybridized carbons (Fsp3) is 1.00. The van der Waals surface area contributed by atoms with Gasteiger partial charge in [0, 0.05) is 11.8 Å². The molecule has 1 heterocycles. The Kier molecular flexibility index (Phi) is 3.49. The minimum atomic E-state index is -0.261. The molecule has 0 amide bonds. The summed E-state index contributed by atoms with van der Waals surface area (Å²) in [6, 6.07) is 0. The zero-order valence-electron chi connectivity index (χ0n) is 15.4. The van der Waals surface area contributed by atoms with Crippen LogP contribution in [-0.2, 0) is 9.47 Å². The molecule has 5 rings (SSSR count). The molecule has 24 heavy (non-hydrogen) atoms. The van der Waals surface area contributed by atoms with Crippen LogP contribution in [-0.4, -0.2) is 30.2 Å². The molecule has 1 N–H and O–H groups in total. The number of aliphatic hydroxyl groups excluding tert-OH is 1. The van der Waals surface area contributed by atoms with Crippen LogP contribution in [0.5, 0.6) is 0 Å². The molecule has 0 radical (unpaired) electrons. The van der Waals surface area contributed by atoms with Crippen LogP contribution in [0.15, 0.2) is 0 Å². The Balaban J connectivity index is 1.45. The monoisotopic (exact) mass is 334 g/mol. The van der Waals surface area contributed by atoms with Gasteiger partial charge in [-0.3, -0.25) is 0 Å². The summed E-state index contributed by atoms with van der Waals surface area (Å²) in [6.07, 6.45) is 11.0. The van der Waals surface area contributed by atoms with Crippen LogP contribution in [0.3, 0.4) is 0 Å². The molecule has 0 aromatic rings. The summed E-state index contributed by atoms with van der Waals surface area (Å²) in [7, 11) is 0. The van der Waals surface area contributed by atoms with E-state index in [1.807, 2.05) is 0 Å². The zero-order valence-corrected chi connectivity index (χ0v) is 15.4. The van der Waals surface area contributed by atoms with Crippen molar-refractivity contribution in [2.45, 2.75) is 83.5 Å². The van der Waals surface area contributed by atoms with Gasteiger partial charge in [0.25, 0.3) is 0 Å². The largest absolute Gasteiger partial charge is 0.393 e. The van der Waals surface area contributed by atoms with E-state index in [0.717, 1.165) is 56.1 Å². The van der Waals surface area contributed by atoms with E-state index in [-0.39, 0.29) is 17.3 Å². The molecule has 0 bridgehead atoms. The highest BCUT2D eigenvalue weighted by Crippen LogP contribution is 2.69. The molecule has 2 unspecified atom stereocenters. The fourth-order valence-electron chi connectivity index (χ4n) is 8.12. The number of rotatable bonds is 0. The van der Waals surface area contributed by atoms with E-state index >= 15 is 0 Å². The minimum absolute atomic E-state index is 0.0384. The standard InChI is InChI=1S/C21H34O3/c1-19-8-5-15(22)13-14(19)3-4-16-17(19)6-9-20(2)18(16)7-10-21(20)23-11-12-24-21/h14-18,22H,3-13H2,1-2H3/t14?,15-,16-,17?,18+,19+,20+/m1/s1. The Morgan fingerprint density at radius 3 is 2.38 bits per heavy atom. The smallest absolute Gasteiger partial charge is 0.174 e. The second-order valence-corrected chi connectivity index (χ2v) is 10.0. The van der Waals surface area contributed by atoms with E-state index < -0.39 is 0 Å². The highest BCUT2D eigenvalue weighted by atomic mass is 16.7. The molecule has 3 nitrogen and oxygen atoms in total. The van der Waals surface area contributed by atoms with Crippen molar-refractivity contribution in [3.05, 3.63) is 0 Å². The molecular formula is C21H34O3. The minimum Gasteiger partial charge on any atom is -0.393 e. The van der Waals surface area contributed by atoms with Gasteiger partial charge in [0.05, 0.1) is 19.3 Å². The van der Waals surface area contributed by atoms with Crippen molar-refractivity contribution in [1.29, 1.82) is 0 Å². The van der Waals surface area contributed by atoms with Crippen LogP contribution in [0.4, 0.5) is 0 Å². The third-order valence-electron chi connectivity index (χ3n) is 9.44. The van der Waals surface area contributed by atoms with Gasteiger partial charge < -0.3 is 14.6 Å². The van der Waals surface area contributed by atoms with Crippen molar-refractivity contribution in [2.24, 2.45) is 34.5 Å². The van der Waals surface area contributed by atoms with Gasteiger partial charge in [0.15, 0.2) is 5.79 Å². The van der Waals surface area contributed by atoms with Crippen molar-refractivity contribution in [1.82, 2.24) is 0 Å². The van der Waals surface area contributed by atoms with Crippen molar-refractivity contribution >= 4 is 0 Å². The average Bonchev–Trinajstić information content (AvgIpc) is 3.15. The number of ether oxygens (including phenoxy) is 2. The van der Waals surface area contributed by atoms with Gasteiger partial charge in [-0.1, -0.05) is 13.8 Å². The van der Waals surface area contributed by atoms with Gasteiger partial charge in [0.2, 0.25) is 0 Å². The Morgan fingerprint density at radius 2 is 1.58 bits per heavy atom. The summed E-state index contributed by atoms with van der Waals surface area (Å²) in [5.74, 6) is 2.98. The SMILES string of the molecule is C[C@]12CC[C@@H](O)CC1CC[C@@H]1C2CC[C@@]2(C)[C@H]1CCC21OCCO1. The molecule has 7 atom stereocenters. The van der Waals surface area contributed by atoms with Crippen molar-refractivity contribution in [2.75, 3.05) is 13.2 Å². The lowest BCUT2D eigenvalue weighted by atomic mass is 9.45. The van der Waals surface area contributed by atoms with E-state index in [1.54, 1.807) is 0 Å². The molecular weight excluding hydrogens is 300 g/mol. The fourth-order valence-corrected chi connectivity index (χ4v) is 8.12. The molecule has 136 valence electrons. The van der Waals surface area contributed by atoms with Crippen LogP contribution in [0, 0.1) is 34.5 Å². The van der Waals surface area contributed by atoms with Gasteiger partial charge in [-0.05, 0) is 80.5 Å². The Hall–Kier alpha value is -0.120. The second-order valence-electron chi connectivity index (χ2n) is 10.0. The predicted molar refractivity (Wildman–Crippen MR) is 92.4 cm³/mol. The summed E-state index contributed by atoms with van der Waals surface area (Å²) < 4.78 is 12.5. The third kappa shape index (κ3) is 1.90. The molecule has 1 spiro atoms. The van der Waals surface area contributed by atoms with E-state index in [0.29, 0.717) is 5.41 Å². The Labute approximate surface area is 146 Å². The lowest BCUT2D eigenvalue weighted by molar-refractivity contribution is -0.247. The van der Waals surface area contributed by atoms with Crippen molar-refractivity contribution in [3.63, 3.8) is 0 Å². The van der Waals surface area contributed by atoms with Crippen LogP contribution in [0.2, 0.25) is 0 Å². The maximum Gasteiger partial charge on any atom is 0.174 e. The summed E-state index contributed by atoms with van der Waals surface area (Å²) in [4.78, 5) is 0. The number of hydrogen-bond acceptors (Lipinski definition) is 3. The third-order valence-corrected chi connectivity index (χ3v) is 9.44. The first-order chi connectivity index (χ1) is 11.5. The molecule has 0 aromatic carbocycles. The highest BCUT2D eigenvalue weighted by molar-refractivity contribution is 5.12. The van der Waals surface area contributed by atoms with Gasteiger partial charge in [-0.2, -0.15) is 0 Å². The summed E-state index contributed by atoms with van der Waals surface area (Å²) in [5.41, 5.74) is 0.693. The lowest BCUT2D eigenvalue weighted by Gasteiger charge is -2.61. The van der Waals surface area contributed by atoms with Crippen LogP contribution in [0.1, 0.15) is 71.6 Å². The quantitative estimate of drug-likeness (QED) is 0.724. The number of fused-ring (bicyclic) bond motifs is 6. The molecule has 0 aromatic heterocycles. The Bertz CT molecular complexity index is 513. The molecule has 1 saturated heterocycles. The topological polar surface area (TPSA) is 38.7 Å². The lowest BCUT2D eigenvalue weighted by Crippen LogP contribution is -2.57. The van der Waals surface area contributed by atoms with Gasteiger partial charge >= 0.3 is 0 Å². The first-order valence-corrected chi connectivity index (χ1v) is 10.4. The predicted octanol–water partition coefficient (Wildman–Crippen LogP) is 4.13. The molecule has 5 fully saturated rings. The van der Waals surface area contributed by atoms with Crippen LogP contribution >= 0.6 is 0 Å². The summed E-state index contributed by atoms with van der Waals surface area (Å²) in [6.45, 7) is 6.61. The number of aliphatic hydroxyl groups is 1. The van der Waals surface area contributed by atoms with Gasteiger partial charge in [0.1, 0.15) is 0 Å². The van der Waals surface area contributed by atoms with E-state index in [9.17, 15) is 5.11 Å². The molecule has 3 heteroatoms. The average molecular weight is 335 g/mol. The van der Waals surface area contributed by atoms with Crippen LogP contribution < -0.4 is 0 Å².